The van der Waals surface area contributed by atoms with Crippen molar-refractivity contribution in [3.05, 3.63) is 43.5 Å². The molecule has 0 aliphatic heterocycles. The zero-order valence-corrected chi connectivity index (χ0v) is 15.4. The van der Waals surface area contributed by atoms with Gasteiger partial charge in [-0.1, -0.05) is 0 Å². The van der Waals surface area contributed by atoms with Crippen molar-refractivity contribution in [2.45, 2.75) is 0 Å². The molecule has 0 bridgehead atoms. The van der Waals surface area contributed by atoms with Gasteiger partial charge in [-0.15, -0.1) is 0 Å². The quantitative estimate of drug-likeness (QED) is 0.363. The Balaban J connectivity index is 2.35. The van der Waals surface area contributed by atoms with E-state index in [1.165, 1.54) is 17.9 Å². The van der Waals surface area contributed by atoms with Gasteiger partial charge >= 0.3 is 0 Å². The van der Waals surface area contributed by atoms with E-state index in [1.807, 2.05) is 12.1 Å². The highest BCUT2D eigenvalue weighted by Crippen LogP contribution is 2.35. The van der Waals surface area contributed by atoms with Crippen molar-refractivity contribution in [3.63, 3.8) is 0 Å². The third-order valence-electron chi connectivity index (χ3n) is 3.34. The fourth-order valence-corrected chi connectivity index (χ4v) is 3.31. The molecule has 0 saturated carbocycles. The van der Waals surface area contributed by atoms with Crippen molar-refractivity contribution in [2.75, 3.05) is 14.2 Å². The first-order chi connectivity index (χ1) is 9.62. The molecule has 0 heterocycles. The third kappa shape index (κ3) is 2.43. The summed E-state index contributed by atoms with van der Waals surface area (Å²) in [6, 6.07) is 12.9. The average Bonchev–Trinajstić information content (AvgIpc) is 2.45. The lowest BCUT2D eigenvalue weighted by atomic mass is 10.0. The second-order valence-electron chi connectivity index (χ2n) is 4.52. The Morgan fingerprint density at radius 2 is 0.950 bits per heavy atom. The molecule has 3 aromatic carbocycles. The molecule has 102 valence electrons. The molecular weight excluding hydrogens is 478 g/mol. The lowest BCUT2D eigenvalue weighted by Gasteiger charge is -2.10. The average molecular weight is 490 g/mol. The van der Waals surface area contributed by atoms with E-state index in [0.29, 0.717) is 0 Å². The van der Waals surface area contributed by atoms with Gasteiger partial charge in [0.15, 0.2) is 11.5 Å². The summed E-state index contributed by atoms with van der Waals surface area (Å²) in [6.07, 6.45) is 0. The molecule has 0 radical (unpaired) electrons. The highest BCUT2D eigenvalue weighted by Gasteiger charge is 2.08. The van der Waals surface area contributed by atoms with Crippen molar-refractivity contribution < 1.29 is 9.47 Å². The van der Waals surface area contributed by atoms with Gasteiger partial charge in [0, 0.05) is 7.14 Å². The maximum atomic E-state index is 5.37. The number of fused-ring (bicyclic) bond motifs is 2. The normalized spacial score (nSPS) is 11.0. The summed E-state index contributed by atoms with van der Waals surface area (Å²) in [5.41, 5.74) is 0. The lowest BCUT2D eigenvalue weighted by Crippen LogP contribution is -1.91. The Morgan fingerprint density at radius 3 is 1.30 bits per heavy atom. The molecule has 20 heavy (non-hydrogen) atoms. The van der Waals surface area contributed by atoms with Crippen molar-refractivity contribution >= 4 is 66.7 Å². The predicted octanol–water partition coefficient (Wildman–Crippen LogP) is 5.22. The number of rotatable bonds is 2. The molecule has 2 nitrogen and oxygen atoms in total. The van der Waals surface area contributed by atoms with Crippen LogP contribution in [0.2, 0.25) is 0 Å². The Bertz CT molecular complexity index is 745. The molecule has 0 aliphatic carbocycles. The van der Waals surface area contributed by atoms with E-state index in [9.17, 15) is 0 Å². The fraction of sp³-hybridized carbons (Fsp3) is 0.125. The van der Waals surface area contributed by atoms with E-state index in [2.05, 4.69) is 69.4 Å². The molecule has 0 saturated heterocycles. The van der Waals surface area contributed by atoms with Gasteiger partial charge in [-0.05, 0) is 103 Å². The monoisotopic (exact) mass is 490 g/mol. The van der Waals surface area contributed by atoms with Gasteiger partial charge in [-0.3, -0.25) is 0 Å². The smallest absolute Gasteiger partial charge is 0.161 e. The zero-order valence-electron chi connectivity index (χ0n) is 11.0. The molecule has 0 fully saturated rings. The summed E-state index contributed by atoms with van der Waals surface area (Å²) in [5.74, 6) is 1.53. The van der Waals surface area contributed by atoms with E-state index in [-0.39, 0.29) is 0 Å². The van der Waals surface area contributed by atoms with Gasteiger partial charge in [0.25, 0.3) is 0 Å². The topological polar surface area (TPSA) is 18.5 Å². The van der Waals surface area contributed by atoms with Crippen LogP contribution in [0.4, 0.5) is 0 Å². The molecule has 0 unspecified atom stereocenters. The summed E-state index contributed by atoms with van der Waals surface area (Å²) >= 11 is 4.74. The van der Waals surface area contributed by atoms with Crippen molar-refractivity contribution in [3.8, 4) is 11.5 Å². The van der Waals surface area contributed by atoms with E-state index in [4.69, 9.17) is 9.47 Å². The molecule has 0 N–H and O–H groups in total. The van der Waals surface area contributed by atoms with Crippen LogP contribution >= 0.6 is 45.2 Å². The molecule has 0 aromatic heterocycles. The van der Waals surface area contributed by atoms with Crippen LogP contribution in [0.3, 0.4) is 0 Å². The van der Waals surface area contributed by atoms with Gasteiger partial charge in [0.05, 0.1) is 14.2 Å². The van der Waals surface area contributed by atoms with Crippen LogP contribution in [0.1, 0.15) is 0 Å². The van der Waals surface area contributed by atoms with Gasteiger partial charge in [-0.2, -0.15) is 0 Å². The first kappa shape index (κ1) is 14.2. The van der Waals surface area contributed by atoms with E-state index in [1.54, 1.807) is 14.2 Å². The third-order valence-corrected chi connectivity index (χ3v) is 6.15. The van der Waals surface area contributed by atoms with Crippen LogP contribution in [-0.4, -0.2) is 14.2 Å². The Kier molecular flexibility index (Phi) is 3.94. The molecule has 0 atom stereocenters. The Labute approximate surface area is 144 Å². The number of hydrogen-bond acceptors (Lipinski definition) is 2. The minimum absolute atomic E-state index is 0.763. The summed E-state index contributed by atoms with van der Waals surface area (Å²) in [5, 5.41) is 4.81. The summed E-state index contributed by atoms with van der Waals surface area (Å²) in [6.45, 7) is 0. The molecular formula is C16H12I2O2. The largest absolute Gasteiger partial charge is 0.493 e. The maximum Gasteiger partial charge on any atom is 0.161 e. The SMILES string of the molecule is COc1cc2cc3cc(I)c(I)cc3cc2cc1OC. The minimum atomic E-state index is 0.763. The molecule has 0 spiro atoms. The molecule has 3 rings (SSSR count). The van der Waals surface area contributed by atoms with Crippen LogP contribution in [0, 0.1) is 7.14 Å². The molecule has 4 heteroatoms. The fourth-order valence-electron chi connectivity index (χ4n) is 2.32. The number of ether oxygens (including phenoxy) is 2. The first-order valence-corrected chi connectivity index (χ1v) is 8.22. The van der Waals surface area contributed by atoms with Crippen LogP contribution in [0.5, 0.6) is 11.5 Å². The maximum absolute atomic E-state index is 5.37. The number of benzene rings is 3. The number of halogens is 2. The second-order valence-corrected chi connectivity index (χ2v) is 6.84. The highest BCUT2D eigenvalue weighted by molar-refractivity contribution is 14.1. The van der Waals surface area contributed by atoms with Gasteiger partial charge < -0.3 is 9.47 Å². The van der Waals surface area contributed by atoms with Gasteiger partial charge in [0.1, 0.15) is 0 Å². The Morgan fingerprint density at radius 1 is 0.600 bits per heavy atom. The minimum Gasteiger partial charge on any atom is -0.493 e. The van der Waals surface area contributed by atoms with Crippen LogP contribution < -0.4 is 9.47 Å². The summed E-state index contributed by atoms with van der Waals surface area (Å²) in [7, 11) is 3.33. The van der Waals surface area contributed by atoms with Gasteiger partial charge in [0.2, 0.25) is 0 Å². The van der Waals surface area contributed by atoms with Crippen LogP contribution in [0.25, 0.3) is 21.5 Å². The Hall–Kier alpha value is -0.760. The standard InChI is InChI=1S/C16H12I2O2/c1-19-15-7-11-3-9-5-13(17)14(18)6-10(9)4-12(11)8-16(15)20-2/h3-8H,1-2H3. The predicted molar refractivity (Wildman–Crippen MR) is 100.0 cm³/mol. The first-order valence-electron chi connectivity index (χ1n) is 6.07. The van der Waals surface area contributed by atoms with Crippen LogP contribution in [-0.2, 0) is 0 Å². The van der Waals surface area contributed by atoms with E-state index in [0.717, 1.165) is 22.3 Å². The van der Waals surface area contributed by atoms with Crippen molar-refractivity contribution in [2.24, 2.45) is 0 Å². The number of methoxy groups -OCH3 is 2. The summed E-state index contributed by atoms with van der Waals surface area (Å²) < 4.78 is 13.3. The van der Waals surface area contributed by atoms with E-state index >= 15 is 0 Å². The second kappa shape index (κ2) is 5.55. The molecule has 0 amide bonds. The highest BCUT2D eigenvalue weighted by atomic mass is 127. The van der Waals surface area contributed by atoms with Crippen LogP contribution in [0.15, 0.2) is 36.4 Å². The summed E-state index contributed by atoms with van der Waals surface area (Å²) in [4.78, 5) is 0. The van der Waals surface area contributed by atoms with Gasteiger partial charge in [-0.25, -0.2) is 0 Å². The van der Waals surface area contributed by atoms with Crippen molar-refractivity contribution in [1.82, 2.24) is 0 Å². The zero-order chi connectivity index (χ0) is 14.3. The molecule has 3 aromatic rings. The van der Waals surface area contributed by atoms with Crippen molar-refractivity contribution in [1.29, 1.82) is 0 Å². The number of hydrogen-bond donors (Lipinski definition) is 0. The van der Waals surface area contributed by atoms with E-state index < -0.39 is 0 Å². The molecule has 0 aliphatic rings. The lowest BCUT2D eigenvalue weighted by molar-refractivity contribution is 0.356.